The Balaban J connectivity index is 2.91. The largest absolute Gasteiger partial charge is 0.412 e. The second kappa shape index (κ2) is 5.34. The van der Waals surface area contributed by atoms with E-state index in [1.807, 2.05) is 6.07 Å². The highest BCUT2D eigenvalue weighted by molar-refractivity contribution is 6.74. The molecule has 0 unspecified atom stereocenters. The average molecular weight is 280 g/mol. The number of nitrogen functional groups attached to an aromatic ring is 1. The molecule has 0 bridgehead atoms. The molecule has 0 aliphatic carbocycles. The maximum Gasteiger partial charge on any atom is 0.250 e. The van der Waals surface area contributed by atoms with Crippen molar-refractivity contribution < 1.29 is 9.22 Å². The molecule has 4 N–H and O–H groups in total. The van der Waals surface area contributed by atoms with Gasteiger partial charge in [-0.15, -0.1) is 0 Å². The molecule has 4 nitrogen and oxygen atoms in total. The molecular weight excluding hydrogens is 256 g/mol. The van der Waals surface area contributed by atoms with Crippen LogP contribution in [0.1, 0.15) is 36.7 Å². The molecular formula is C14H24N2O2Si. The Morgan fingerprint density at radius 3 is 2.37 bits per heavy atom. The van der Waals surface area contributed by atoms with Crippen LogP contribution in [0, 0.1) is 0 Å². The molecule has 1 amide bonds. The minimum atomic E-state index is -1.83. The van der Waals surface area contributed by atoms with E-state index in [9.17, 15) is 4.79 Å². The Hall–Kier alpha value is -1.33. The molecule has 0 fully saturated rings. The van der Waals surface area contributed by atoms with Crippen molar-refractivity contribution in [1.82, 2.24) is 0 Å². The molecule has 0 aromatic heterocycles. The van der Waals surface area contributed by atoms with Gasteiger partial charge in [0.25, 0.3) is 5.91 Å². The van der Waals surface area contributed by atoms with Gasteiger partial charge in [-0.1, -0.05) is 32.9 Å². The molecule has 1 rings (SSSR count). The lowest BCUT2D eigenvalue weighted by Gasteiger charge is -2.36. The van der Waals surface area contributed by atoms with Gasteiger partial charge in [0, 0.05) is 11.3 Å². The van der Waals surface area contributed by atoms with Gasteiger partial charge in [-0.05, 0) is 24.2 Å². The van der Waals surface area contributed by atoms with E-state index in [2.05, 4.69) is 33.9 Å². The van der Waals surface area contributed by atoms with E-state index in [-0.39, 0.29) is 5.04 Å². The number of anilines is 1. The highest BCUT2D eigenvalue weighted by Crippen LogP contribution is 2.37. The van der Waals surface area contributed by atoms with Gasteiger partial charge in [0.2, 0.25) is 0 Å². The Morgan fingerprint density at radius 1 is 1.32 bits per heavy atom. The van der Waals surface area contributed by atoms with Gasteiger partial charge in [-0.2, -0.15) is 0 Å². The maximum atomic E-state index is 11.2. The van der Waals surface area contributed by atoms with Crippen molar-refractivity contribution in [2.75, 3.05) is 5.73 Å². The topological polar surface area (TPSA) is 78.3 Å². The molecule has 0 saturated carbocycles. The molecule has 0 spiro atoms. The lowest BCUT2D eigenvalue weighted by atomic mass is 10.1. The number of hydrogen-bond donors (Lipinski definition) is 2. The molecule has 0 aliphatic rings. The minimum Gasteiger partial charge on any atom is -0.412 e. The highest BCUT2D eigenvalue weighted by atomic mass is 28.4. The van der Waals surface area contributed by atoms with Crippen molar-refractivity contribution in [2.45, 2.75) is 45.5 Å². The number of carbonyl (C=O) groups excluding carboxylic acids is 1. The number of primary amides is 1. The number of amides is 1. The van der Waals surface area contributed by atoms with Crippen LogP contribution in [0.2, 0.25) is 18.1 Å². The SMILES string of the molecule is CC(C)(C)[Si](C)(C)OCc1cccc(C(N)=O)c1N. The van der Waals surface area contributed by atoms with Crippen LogP contribution in [0.4, 0.5) is 5.69 Å². The van der Waals surface area contributed by atoms with Crippen LogP contribution in [0.15, 0.2) is 18.2 Å². The van der Waals surface area contributed by atoms with E-state index < -0.39 is 14.2 Å². The Kier molecular flexibility index (Phi) is 4.42. The van der Waals surface area contributed by atoms with Crippen molar-refractivity contribution in [2.24, 2.45) is 5.73 Å². The van der Waals surface area contributed by atoms with Gasteiger partial charge < -0.3 is 15.9 Å². The summed E-state index contributed by atoms with van der Waals surface area (Å²) in [5.41, 5.74) is 12.8. The number of benzene rings is 1. The smallest absolute Gasteiger partial charge is 0.250 e. The zero-order chi connectivity index (χ0) is 14.8. The van der Waals surface area contributed by atoms with E-state index in [1.54, 1.807) is 12.1 Å². The van der Waals surface area contributed by atoms with E-state index in [0.717, 1.165) is 5.56 Å². The minimum absolute atomic E-state index is 0.142. The van der Waals surface area contributed by atoms with Crippen LogP contribution in [-0.4, -0.2) is 14.2 Å². The fourth-order valence-electron chi connectivity index (χ4n) is 1.43. The maximum absolute atomic E-state index is 11.2. The first-order chi connectivity index (χ1) is 8.56. The standard InChI is InChI=1S/C14H24N2O2Si/c1-14(2,3)19(4,5)18-9-10-7-6-8-11(12(10)15)13(16)17/h6-8H,9,15H2,1-5H3,(H2,16,17). The zero-order valence-electron chi connectivity index (χ0n) is 12.4. The van der Waals surface area contributed by atoms with Gasteiger partial charge in [0.05, 0.1) is 12.2 Å². The number of rotatable bonds is 4. The Labute approximate surface area is 116 Å². The fraction of sp³-hybridized carbons (Fsp3) is 0.500. The monoisotopic (exact) mass is 280 g/mol. The van der Waals surface area contributed by atoms with Gasteiger partial charge in [-0.25, -0.2) is 0 Å². The summed E-state index contributed by atoms with van der Waals surface area (Å²) >= 11 is 0. The number of nitrogens with two attached hydrogens (primary N) is 2. The lowest BCUT2D eigenvalue weighted by Crippen LogP contribution is -2.40. The van der Waals surface area contributed by atoms with Crippen molar-refractivity contribution in [3.8, 4) is 0 Å². The van der Waals surface area contributed by atoms with E-state index in [1.165, 1.54) is 0 Å². The van der Waals surface area contributed by atoms with Gasteiger partial charge >= 0.3 is 0 Å². The van der Waals surface area contributed by atoms with E-state index in [0.29, 0.717) is 17.9 Å². The third kappa shape index (κ3) is 3.58. The molecule has 0 aliphatic heterocycles. The number of hydrogen-bond acceptors (Lipinski definition) is 3. The summed E-state index contributed by atoms with van der Waals surface area (Å²) in [6.07, 6.45) is 0. The fourth-order valence-corrected chi connectivity index (χ4v) is 2.38. The molecule has 5 heteroatoms. The summed E-state index contributed by atoms with van der Waals surface area (Å²) in [6.45, 7) is 11.3. The number of carbonyl (C=O) groups is 1. The molecule has 0 saturated heterocycles. The van der Waals surface area contributed by atoms with Crippen molar-refractivity contribution >= 4 is 19.9 Å². The molecule has 1 aromatic rings. The predicted molar refractivity (Wildman–Crippen MR) is 81.4 cm³/mol. The Bertz CT molecular complexity index is 479. The second-order valence-electron chi connectivity index (χ2n) is 6.29. The summed E-state index contributed by atoms with van der Waals surface area (Å²) in [5.74, 6) is -0.508. The summed E-state index contributed by atoms with van der Waals surface area (Å²) < 4.78 is 6.10. The summed E-state index contributed by atoms with van der Waals surface area (Å²) in [7, 11) is -1.83. The van der Waals surface area contributed by atoms with Crippen LogP contribution in [0.5, 0.6) is 0 Å². The van der Waals surface area contributed by atoms with E-state index in [4.69, 9.17) is 15.9 Å². The third-order valence-corrected chi connectivity index (χ3v) is 8.33. The van der Waals surface area contributed by atoms with Crippen LogP contribution < -0.4 is 11.5 Å². The molecule has 0 atom stereocenters. The second-order valence-corrected chi connectivity index (χ2v) is 11.1. The van der Waals surface area contributed by atoms with Crippen LogP contribution >= 0.6 is 0 Å². The number of para-hydroxylation sites is 1. The van der Waals surface area contributed by atoms with Crippen molar-refractivity contribution in [3.63, 3.8) is 0 Å². The quantitative estimate of drug-likeness (QED) is 0.657. The van der Waals surface area contributed by atoms with Crippen molar-refractivity contribution in [1.29, 1.82) is 0 Å². The van der Waals surface area contributed by atoms with E-state index >= 15 is 0 Å². The average Bonchev–Trinajstić information content (AvgIpc) is 2.25. The van der Waals surface area contributed by atoms with Crippen molar-refractivity contribution in [3.05, 3.63) is 29.3 Å². The Morgan fingerprint density at radius 2 is 1.89 bits per heavy atom. The van der Waals surface area contributed by atoms with Crippen LogP contribution in [0.25, 0.3) is 0 Å². The van der Waals surface area contributed by atoms with Gasteiger partial charge in [0.1, 0.15) is 0 Å². The van der Waals surface area contributed by atoms with Crippen LogP contribution in [0.3, 0.4) is 0 Å². The third-order valence-electron chi connectivity index (χ3n) is 3.86. The normalized spacial score (nSPS) is 12.5. The van der Waals surface area contributed by atoms with Crippen LogP contribution in [-0.2, 0) is 11.0 Å². The first-order valence-corrected chi connectivity index (χ1v) is 9.28. The molecule has 106 valence electrons. The first-order valence-electron chi connectivity index (χ1n) is 6.37. The summed E-state index contributed by atoms with van der Waals surface area (Å²) in [5, 5.41) is 0.142. The zero-order valence-corrected chi connectivity index (χ0v) is 13.4. The highest BCUT2D eigenvalue weighted by Gasteiger charge is 2.37. The predicted octanol–water partition coefficient (Wildman–Crippen LogP) is 2.89. The lowest BCUT2D eigenvalue weighted by molar-refractivity contribution is 0.100. The first kappa shape index (κ1) is 15.7. The molecule has 0 radical (unpaired) electrons. The van der Waals surface area contributed by atoms with Gasteiger partial charge in [0.15, 0.2) is 8.32 Å². The molecule has 1 aromatic carbocycles. The summed E-state index contributed by atoms with van der Waals surface area (Å²) in [4.78, 5) is 11.2. The molecule has 0 heterocycles. The molecule has 19 heavy (non-hydrogen) atoms. The van der Waals surface area contributed by atoms with Gasteiger partial charge in [-0.3, -0.25) is 4.79 Å². The summed E-state index contributed by atoms with van der Waals surface area (Å²) in [6, 6.07) is 5.28.